The number of aromatic nitrogens is 5. The fourth-order valence-corrected chi connectivity index (χ4v) is 4.77. The SMILES string of the molecule is FC(F)Cn1ncc2ncc(N3CCC4(CCN(c5cc(C(F)(F)F)ccn5)C4)CC3)nc21. The highest BCUT2D eigenvalue weighted by atomic mass is 19.4. The number of alkyl halides is 5. The van der Waals surface area contributed by atoms with E-state index in [4.69, 9.17) is 0 Å². The van der Waals surface area contributed by atoms with Gasteiger partial charge in [-0.05, 0) is 36.8 Å². The van der Waals surface area contributed by atoms with Crippen LogP contribution in [0.15, 0.2) is 30.7 Å². The number of fused-ring (bicyclic) bond motifs is 1. The maximum Gasteiger partial charge on any atom is 0.416 e. The van der Waals surface area contributed by atoms with Crippen molar-refractivity contribution >= 4 is 22.8 Å². The Morgan fingerprint density at radius 3 is 2.39 bits per heavy atom. The van der Waals surface area contributed by atoms with Gasteiger partial charge in [-0.2, -0.15) is 18.3 Å². The fraction of sp³-hybridized carbons (Fsp3) is 0.524. The van der Waals surface area contributed by atoms with Gasteiger partial charge in [0.15, 0.2) is 5.65 Å². The highest BCUT2D eigenvalue weighted by Gasteiger charge is 2.42. The summed E-state index contributed by atoms with van der Waals surface area (Å²) in [5.41, 5.74) is 0.105. The number of rotatable bonds is 4. The van der Waals surface area contributed by atoms with E-state index in [1.54, 1.807) is 6.20 Å². The first-order valence-corrected chi connectivity index (χ1v) is 10.7. The molecular weight excluding hydrogens is 445 g/mol. The third-order valence-electron chi connectivity index (χ3n) is 6.63. The summed E-state index contributed by atoms with van der Waals surface area (Å²) in [5.74, 6) is 0.968. The topological polar surface area (TPSA) is 63.0 Å². The summed E-state index contributed by atoms with van der Waals surface area (Å²) in [4.78, 5) is 17.0. The Balaban J connectivity index is 1.27. The van der Waals surface area contributed by atoms with E-state index in [1.807, 2.05) is 4.90 Å². The average molecular weight is 467 g/mol. The Morgan fingerprint density at radius 1 is 0.970 bits per heavy atom. The minimum atomic E-state index is -4.40. The van der Waals surface area contributed by atoms with Crippen LogP contribution in [0.3, 0.4) is 0 Å². The summed E-state index contributed by atoms with van der Waals surface area (Å²) in [6.45, 7) is 2.18. The van der Waals surface area contributed by atoms with E-state index in [9.17, 15) is 22.0 Å². The summed E-state index contributed by atoms with van der Waals surface area (Å²) in [7, 11) is 0. The Bertz CT molecular complexity index is 1140. The zero-order chi connectivity index (χ0) is 23.2. The van der Waals surface area contributed by atoms with E-state index in [0.29, 0.717) is 49.0 Å². The van der Waals surface area contributed by atoms with Gasteiger partial charge in [-0.3, -0.25) is 0 Å². The quantitative estimate of drug-likeness (QED) is 0.541. The second-order valence-electron chi connectivity index (χ2n) is 8.71. The van der Waals surface area contributed by atoms with Gasteiger partial charge >= 0.3 is 6.18 Å². The number of pyridine rings is 1. The standard InChI is InChI=1S/C21H22F5N7/c22-16(23)12-33-19-15(10-29-33)28-11-18(30-19)31-6-2-20(3-7-31)4-8-32(13-20)17-9-14(1-5-27-17)21(24,25)26/h1,5,9-11,16H,2-4,6-8,12-13H2. The molecule has 7 nitrogen and oxygen atoms in total. The first-order chi connectivity index (χ1) is 15.7. The fourth-order valence-electron chi connectivity index (χ4n) is 4.77. The molecule has 0 atom stereocenters. The molecular formula is C21H22F5N7. The van der Waals surface area contributed by atoms with Crippen LogP contribution in [-0.2, 0) is 12.7 Å². The molecule has 0 saturated carbocycles. The number of hydrogen-bond acceptors (Lipinski definition) is 6. The second-order valence-corrected chi connectivity index (χ2v) is 8.71. The van der Waals surface area contributed by atoms with Crippen LogP contribution >= 0.6 is 0 Å². The predicted octanol–water partition coefficient (Wildman–Crippen LogP) is 4.00. The first kappa shape index (κ1) is 21.8. The molecule has 2 aliphatic heterocycles. The van der Waals surface area contributed by atoms with Gasteiger partial charge in [0.25, 0.3) is 6.43 Å². The van der Waals surface area contributed by atoms with Crippen molar-refractivity contribution < 1.29 is 22.0 Å². The number of piperidine rings is 1. The maximum absolute atomic E-state index is 13.1. The molecule has 0 bridgehead atoms. The number of hydrogen-bond donors (Lipinski definition) is 0. The van der Waals surface area contributed by atoms with Gasteiger partial charge in [0.2, 0.25) is 0 Å². The summed E-state index contributed by atoms with van der Waals surface area (Å²) in [6.07, 6.45) is -0.101. The Morgan fingerprint density at radius 2 is 1.70 bits per heavy atom. The van der Waals surface area contributed by atoms with Crippen LogP contribution in [0.1, 0.15) is 24.8 Å². The van der Waals surface area contributed by atoms with Gasteiger partial charge in [0.1, 0.15) is 23.7 Å². The van der Waals surface area contributed by atoms with Crippen LogP contribution in [0, 0.1) is 5.41 Å². The van der Waals surface area contributed by atoms with Gasteiger partial charge in [-0.1, -0.05) is 0 Å². The zero-order valence-corrected chi connectivity index (χ0v) is 17.6. The summed E-state index contributed by atoms with van der Waals surface area (Å²) < 4.78 is 66.0. The highest BCUT2D eigenvalue weighted by Crippen LogP contribution is 2.42. The predicted molar refractivity (Wildman–Crippen MR) is 111 cm³/mol. The number of anilines is 2. The number of nitrogens with zero attached hydrogens (tertiary/aromatic N) is 7. The molecule has 2 aliphatic rings. The molecule has 2 fully saturated rings. The zero-order valence-electron chi connectivity index (χ0n) is 17.6. The summed E-state index contributed by atoms with van der Waals surface area (Å²) >= 11 is 0. The molecule has 0 aromatic carbocycles. The normalized spacial score (nSPS) is 18.7. The van der Waals surface area contributed by atoms with Crippen molar-refractivity contribution in [3.05, 3.63) is 36.3 Å². The van der Waals surface area contributed by atoms with Crippen molar-refractivity contribution in [3.8, 4) is 0 Å². The van der Waals surface area contributed by atoms with Gasteiger partial charge in [0.05, 0.1) is 18.0 Å². The first-order valence-electron chi connectivity index (χ1n) is 10.7. The minimum Gasteiger partial charge on any atom is -0.356 e. The molecule has 1 spiro atoms. The third-order valence-corrected chi connectivity index (χ3v) is 6.63. The Hall–Kier alpha value is -3.05. The molecule has 3 aromatic rings. The summed E-state index contributed by atoms with van der Waals surface area (Å²) in [5, 5.41) is 3.95. The summed E-state index contributed by atoms with van der Waals surface area (Å²) in [6, 6.07) is 2.10. The third kappa shape index (κ3) is 4.30. The minimum absolute atomic E-state index is 0.00138. The maximum atomic E-state index is 13.1. The van der Waals surface area contributed by atoms with Crippen LogP contribution in [0.2, 0.25) is 0 Å². The molecule has 33 heavy (non-hydrogen) atoms. The molecule has 3 aromatic heterocycles. The molecule has 0 N–H and O–H groups in total. The molecule has 0 unspecified atom stereocenters. The monoisotopic (exact) mass is 467 g/mol. The molecule has 5 rings (SSSR count). The Kier molecular flexibility index (Phi) is 5.32. The lowest BCUT2D eigenvalue weighted by Gasteiger charge is -2.39. The van der Waals surface area contributed by atoms with E-state index in [-0.39, 0.29) is 5.41 Å². The lowest BCUT2D eigenvalue weighted by atomic mass is 9.78. The lowest BCUT2D eigenvalue weighted by Crippen LogP contribution is -2.42. The van der Waals surface area contributed by atoms with E-state index in [1.165, 1.54) is 17.1 Å². The smallest absolute Gasteiger partial charge is 0.356 e. The van der Waals surface area contributed by atoms with Gasteiger partial charge in [0, 0.05) is 32.4 Å². The average Bonchev–Trinajstić information content (AvgIpc) is 3.38. The van der Waals surface area contributed by atoms with Crippen molar-refractivity contribution in [2.75, 3.05) is 36.0 Å². The molecule has 0 aliphatic carbocycles. The van der Waals surface area contributed by atoms with Crippen LogP contribution in [-0.4, -0.2) is 57.3 Å². The van der Waals surface area contributed by atoms with Gasteiger partial charge in [-0.25, -0.2) is 28.4 Å². The van der Waals surface area contributed by atoms with Crippen LogP contribution in [0.4, 0.5) is 33.6 Å². The van der Waals surface area contributed by atoms with Crippen LogP contribution in [0.5, 0.6) is 0 Å². The van der Waals surface area contributed by atoms with Crippen molar-refractivity contribution in [2.45, 2.75) is 38.4 Å². The van der Waals surface area contributed by atoms with E-state index in [2.05, 4.69) is 25.0 Å². The van der Waals surface area contributed by atoms with Gasteiger partial charge < -0.3 is 9.80 Å². The van der Waals surface area contributed by atoms with E-state index in [0.717, 1.165) is 31.4 Å². The Labute approximate surface area is 186 Å². The van der Waals surface area contributed by atoms with Crippen LogP contribution < -0.4 is 9.80 Å². The largest absolute Gasteiger partial charge is 0.416 e. The van der Waals surface area contributed by atoms with E-state index < -0.39 is 24.7 Å². The molecule has 176 valence electrons. The highest BCUT2D eigenvalue weighted by molar-refractivity contribution is 5.71. The molecule has 2 saturated heterocycles. The second kappa shape index (κ2) is 8.07. The number of halogens is 5. The van der Waals surface area contributed by atoms with Crippen molar-refractivity contribution in [1.29, 1.82) is 0 Å². The van der Waals surface area contributed by atoms with Crippen molar-refractivity contribution in [3.63, 3.8) is 0 Å². The molecule has 0 radical (unpaired) electrons. The lowest BCUT2D eigenvalue weighted by molar-refractivity contribution is -0.137. The van der Waals surface area contributed by atoms with Crippen molar-refractivity contribution in [2.24, 2.45) is 5.41 Å². The molecule has 12 heteroatoms. The van der Waals surface area contributed by atoms with E-state index >= 15 is 0 Å². The molecule has 5 heterocycles. The van der Waals surface area contributed by atoms with Gasteiger partial charge in [-0.15, -0.1) is 0 Å². The molecule has 0 amide bonds. The van der Waals surface area contributed by atoms with Crippen LogP contribution in [0.25, 0.3) is 11.2 Å². The van der Waals surface area contributed by atoms with Crippen molar-refractivity contribution in [1.82, 2.24) is 24.7 Å².